The van der Waals surface area contributed by atoms with Crippen LogP contribution in [0.15, 0.2) is 18.5 Å². The molecule has 0 unspecified atom stereocenters. The van der Waals surface area contributed by atoms with Gasteiger partial charge in [-0.25, -0.2) is 9.78 Å². The predicted octanol–water partition coefficient (Wildman–Crippen LogP) is 0.551. The fourth-order valence-electron chi connectivity index (χ4n) is 1.34. The molecule has 0 saturated carbocycles. The van der Waals surface area contributed by atoms with Gasteiger partial charge in [0.15, 0.2) is 17.7 Å². The Kier molecular flexibility index (Phi) is 1.89. The third kappa shape index (κ3) is 1.23. The van der Waals surface area contributed by atoms with E-state index in [-0.39, 0.29) is 22.7 Å². The Morgan fingerprint density at radius 2 is 2.27 bits per heavy atom. The molecule has 76 valence electrons. The summed E-state index contributed by atoms with van der Waals surface area (Å²) >= 11 is 0. The number of rotatable bonds is 2. The molecule has 0 bridgehead atoms. The summed E-state index contributed by atoms with van der Waals surface area (Å²) in [6.07, 6.45) is 3.12. The van der Waals surface area contributed by atoms with E-state index in [4.69, 9.17) is 5.11 Å². The molecule has 0 radical (unpaired) electrons. The minimum Gasteiger partial charge on any atom is -0.504 e. The second kappa shape index (κ2) is 3.09. The molecule has 2 N–H and O–H groups in total. The smallest absolute Gasteiger partial charge is 0.352 e. The average Bonchev–Trinajstić information content (AvgIpc) is 2.67. The number of nitrogens with zero attached hydrogens (tertiary/aromatic N) is 2. The standard InChI is InChI=1S/C9H6N2O4/c12-4-5-3-6(9(14)15)11-2-1-10-8(11)7(5)13/h1-4,13H,(H,14,15). The van der Waals surface area contributed by atoms with E-state index in [1.807, 2.05) is 0 Å². The van der Waals surface area contributed by atoms with Gasteiger partial charge < -0.3 is 10.2 Å². The van der Waals surface area contributed by atoms with Gasteiger partial charge in [0.25, 0.3) is 0 Å². The highest BCUT2D eigenvalue weighted by Gasteiger charge is 2.15. The summed E-state index contributed by atoms with van der Waals surface area (Å²) in [4.78, 5) is 25.2. The molecule has 0 aliphatic rings. The van der Waals surface area contributed by atoms with E-state index < -0.39 is 5.97 Å². The Balaban J connectivity index is 2.91. The Morgan fingerprint density at radius 3 is 2.87 bits per heavy atom. The molecule has 0 saturated heterocycles. The molecule has 0 fully saturated rings. The summed E-state index contributed by atoms with van der Waals surface area (Å²) in [6, 6.07) is 1.10. The molecule has 0 aromatic carbocycles. The third-order valence-corrected chi connectivity index (χ3v) is 2.02. The summed E-state index contributed by atoms with van der Waals surface area (Å²) in [5, 5.41) is 18.4. The van der Waals surface area contributed by atoms with Crippen molar-refractivity contribution < 1.29 is 19.8 Å². The molecule has 15 heavy (non-hydrogen) atoms. The van der Waals surface area contributed by atoms with Crippen molar-refractivity contribution >= 4 is 17.9 Å². The molecule has 0 aliphatic heterocycles. The first-order chi connectivity index (χ1) is 7.15. The number of aldehydes is 1. The van der Waals surface area contributed by atoms with Crippen LogP contribution in [0.5, 0.6) is 5.75 Å². The van der Waals surface area contributed by atoms with Gasteiger partial charge in [0.2, 0.25) is 0 Å². The Bertz CT molecular complexity index is 558. The van der Waals surface area contributed by atoms with Gasteiger partial charge in [-0.15, -0.1) is 0 Å². The topological polar surface area (TPSA) is 91.9 Å². The second-order valence-electron chi connectivity index (χ2n) is 2.88. The third-order valence-electron chi connectivity index (χ3n) is 2.02. The van der Waals surface area contributed by atoms with Gasteiger partial charge in [-0.05, 0) is 6.07 Å². The first kappa shape index (κ1) is 9.20. The number of imidazole rings is 1. The minimum atomic E-state index is -1.19. The molecule has 2 aromatic rings. The van der Waals surface area contributed by atoms with E-state index in [9.17, 15) is 14.7 Å². The molecule has 2 aromatic heterocycles. The van der Waals surface area contributed by atoms with Crippen molar-refractivity contribution in [1.29, 1.82) is 0 Å². The minimum absolute atomic E-state index is 0.0528. The summed E-state index contributed by atoms with van der Waals surface area (Å²) < 4.78 is 1.20. The molecule has 6 nitrogen and oxygen atoms in total. The Hall–Kier alpha value is -2.37. The normalized spacial score (nSPS) is 10.4. The highest BCUT2D eigenvalue weighted by Crippen LogP contribution is 2.22. The van der Waals surface area contributed by atoms with Crippen LogP contribution in [-0.4, -0.2) is 31.9 Å². The SMILES string of the molecule is O=Cc1cc(C(=O)O)n2ccnc2c1O. The lowest BCUT2D eigenvalue weighted by atomic mass is 10.2. The fourth-order valence-corrected chi connectivity index (χ4v) is 1.34. The van der Waals surface area contributed by atoms with Crippen molar-refractivity contribution in [2.24, 2.45) is 0 Å². The lowest BCUT2D eigenvalue weighted by Crippen LogP contribution is -2.06. The number of carbonyl (C=O) groups excluding carboxylic acids is 1. The molecule has 0 aliphatic carbocycles. The average molecular weight is 206 g/mol. The molecular weight excluding hydrogens is 200 g/mol. The first-order valence-corrected chi connectivity index (χ1v) is 4.02. The van der Waals surface area contributed by atoms with Crippen LogP contribution < -0.4 is 0 Å². The van der Waals surface area contributed by atoms with Crippen LogP contribution in [0.4, 0.5) is 0 Å². The molecule has 2 rings (SSSR count). The van der Waals surface area contributed by atoms with E-state index in [0.717, 1.165) is 6.07 Å². The van der Waals surface area contributed by atoms with Crippen LogP contribution in [0, 0.1) is 0 Å². The quantitative estimate of drug-likeness (QED) is 0.700. The van der Waals surface area contributed by atoms with Gasteiger partial charge in [0.05, 0.1) is 5.56 Å². The summed E-state index contributed by atoms with van der Waals surface area (Å²) in [6.45, 7) is 0. The van der Waals surface area contributed by atoms with Gasteiger partial charge in [0.1, 0.15) is 5.69 Å². The van der Waals surface area contributed by atoms with Gasteiger partial charge in [-0.1, -0.05) is 0 Å². The van der Waals surface area contributed by atoms with Crippen LogP contribution in [0.25, 0.3) is 5.65 Å². The molecular formula is C9H6N2O4. The Labute approximate surface area is 83.4 Å². The lowest BCUT2D eigenvalue weighted by Gasteiger charge is -2.04. The monoisotopic (exact) mass is 206 g/mol. The lowest BCUT2D eigenvalue weighted by molar-refractivity contribution is 0.0689. The summed E-state index contributed by atoms with van der Waals surface area (Å²) in [7, 11) is 0. The zero-order valence-corrected chi connectivity index (χ0v) is 7.41. The first-order valence-electron chi connectivity index (χ1n) is 4.02. The maximum atomic E-state index is 10.8. The van der Waals surface area contributed by atoms with Crippen LogP contribution in [0.2, 0.25) is 0 Å². The number of pyridine rings is 1. The number of aromatic hydroxyl groups is 1. The number of carboxylic acids is 1. The van der Waals surface area contributed by atoms with Crippen LogP contribution in [-0.2, 0) is 0 Å². The number of fused-ring (bicyclic) bond motifs is 1. The maximum absolute atomic E-state index is 10.8. The van der Waals surface area contributed by atoms with Crippen molar-refractivity contribution in [1.82, 2.24) is 9.38 Å². The van der Waals surface area contributed by atoms with Crippen LogP contribution in [0.3, 0.4) is 0 Å². The van der Waals surface area contributed by atoms with Crippen LogP contribution in [0.1, 0.15) is 20.8 Å². The molecule has 6 heteroatoms. The number of carbonyl (C=O) groups is 2. The number of carboxylic acid groups (broad SMARTS) is 1. The van der Waals surface area contributed by atoms with Gasteiger partial charge >= 0.3 is 5.97 Å². The zero-order valence-electron chi connectivity index (χ0n) is 7.41. The number of hydrogen-bond acceptors (Lipinski definition) is 4. The molecule has 0 atom stereocenters. The van der Waals surface area contributed by atoms with Crippen molar-refractivity contribution in [3.8, 4) is 5.75 Å². The number of aromatic nitrogens is 2. The molecule has 2 heterocycles. The predicted molar refractivity (Wildman–Crippen MR) is 49.2 cm³/mol. The van der Waals surface area contributed by atoms with Crippen LogP contribution >= 0.6 is 0 Å². The molecule has 0 amide bonds. The van der Waals surface area contributed by atoms with E-state index >= 15 is 0 Å². The zero-order chi connectivity index (χ0) is 11.0. The second-order valence-corrected chi connectivity index (χ2v) is 2.88. The van der Waals surface area contributed by atoms with E-state index in [1.54, 1.807) is 0 Å². The van der Waals surface area contributed by atoms with E-state index in [2.05, 4.69) is 4.98 Å². The van der Waals surface area contributed by atoms with Crippen molar-refractivity contribution in [3.05, 3.63) is 29.7 Å². The highest BCUT2D eigenvalue weighted by atomic mass is 16.4. The number of hydrogen-bond donors (Lipinski definition) is 2. The largest absolute Gasteiger partial charge is 0.504 e. The van der Waals surface area contributed by atoms with Gasteiger partial charge in [-0.2, -0.15) is 0 Å². The van der Waals surface area contributed by atoms with Gasteiger partial charge in [0, 0.05) is 12.4 Å². The van der Waals surface area contributed by atoms with Crippen molar-refractivity contribution in [2.75, 3.05) is 0 Å². The van der Waals surface area contributed by atoms with E-state index in [0.29, 0.717) is 6.29 Å². The van der Waals surface area contributed by atoms with Gasteiger partial charge in [-0.3, -0.25) is 9.20 Å². The maximum Gasteiger partial charge on any atom is 0.352 e. The number of aromatic carboxylic acids is 1. The summed E-state index contributed by atoms with van der Waals surface area (Å²) in [5.41, 5.74) is -0.162. The van der Waals surface area contributed by atoms with Crippen molar-refractivity contribution in [3.63, 3.8) is 0 Å². The summed E-state index contributed by atoms with van der Waals surface area (Å²) in [5.74, 6) is -1.51. The van der Waals surface area contributed by atoms with E-state index in [1.165, 1.54) is 16.8 Å². The van der Waals surface area contributed by atoms with Crippen molar-refractivity contribution in [2.45, 2.75) is 0 Å². The molecule has 0 spiro atoms. The highest BCUT2D eigenvalue weighted by molar-refractivity contribution is 5.92. The Morgan fingerprint density at radius 1 is 1.53 bits per heavy atom. The fraction of sp³-hybridized carbons (Fsp3) is 0.